The van der Waals surface area contributed by atoms with E-state index < -0.39 is 22.8 Å². The smallest absolute Gasteiger partial charge is 0.320 e. The Morgan fingerprint density at radius 3 is 1.02 bits per heavy atom. The van der Waals surface area contributed by atoms with Crippen LogP contribution in [0.5, 0.6) is 0 Å². The van der Waals surface area contributed by atoms with Gasteiger partial charge in [0, 0.05) is 58.8 Å². The van der Waals surface area contributed by atoms with Gasteiger partial charge in [-0.15, -0.1) is 0 Å². The highest BCUT2D eigenvalue weighted by Crippen LogP contribution is 2.11. The highest BCUT2D eigenvalue weighted by molar-refractivity contribution is 5.73. The minimum atomic E-state index is -0.840. The van der Waals surface area contributed by atoms with Gasteiger partial charge in [0.2, 0.25) is 0 Å². The van der Waals surface area contributed by atoms with Crippen molar-refractivity contribution in [1.82, 2.24) is 19.6 Å². The molecule has 12 heteroatoms. The van der Waals surface area contributed by atoms with Gasteiger partial charge in [-0.1, -0.05) is 0 Å². The largest absolute Gasteiger partial charge is 0.481 e. The van der Waals surface area contributed by atoms with Crippen molar-refractivity contribution in [1.29, 1.82) is 0 Å². The van der Waals surface area contributed by atoms with Gasteiger partial charge < -0.3 is 24.2 Å². The van der Waals surface area contributed by atoms with E-state index in [4.69, 9.17) is 19.3 Å². The molecule has 0 aromatic carbocycles. The molecule has 1 heterocycles. The molecule has 0 aromatic rings. The molecule has 0 unspecified atom stereocenters. The fraction of sp³-hybridized carbons (Fsp3) is 0.867. The first-order chi connectivity index (χ1) is 19.2. The predicted octanol–water partition coefficient (Wildman–Crippen LogP) is 2.10. The lowest BCUT2D eigenvalue weighted by Gasteiger charge is -2.34. The summed E-state index contributed by atoms with van der Waals surface area (Å²) in [5.41, 5.74) is -1.82. The molecule has 1 saturated heterocycles. The van der Waals surface area contributed by atoms with E-state index in [0.717, 1.165) is 0 Å². The first kappa shape index (κ1) is 37.7. The number of nitrogens with zero attached hydrogens (tertiary/aromatic N) is 4. The quantitative estimate of drug-likeness (QED) is 0.291. The van der Waals surface area contributed by atoms with E-state index >= 15 is 0 Å². The number of aliphatic carboxylic acids is 1. The Morgan fingerprint density at radius 2 is 0.786 bits per heavy atom. The van der Waals surface area contributed by atoms with Crippen LogP contribution in [0.1, 0.15) is 75.2 Å². The summed E-state index contributed by atoms with van der Waals surface area (Å²) in [6.07, 6.45) is 0.566. The molecule has 0 aliphatic carbocycles. The van der Waals surface area contributed by atoms with Crippen LogP contribution in [-0.4, -0.2) is 144 Å². The zero-order chi connectivity index (χ0) is 32.1. The second-order valence-electron chi connectivity index (χ2n) is 13.9. The summed E-state index contributed by atoms with van der Waals surface area (Å²) in [6, 6.07) is 0. The van der Waals surface area contributed by atoms with Crippen LogP contribution in [0.2, 0.25) is 0 Å². The van der Waals surface area contributed by atoms with Gasteiger partial charge in [-0.2, -0.15) is 0 Å². The fourth-order valence-corrected chi connectivity index (χ4v) is 4.40. The number of carboxylic acid groups (broad SMARTS) is 1. The maximum absolute atomic E-state index is 12.7. The molecule has 0 spiro atoms. The maximum atomic E-state index is 12.7. The van der Waals surface area contributed by atoms with E-state index in [1.807, 2.05) is 77.0 Å². The van der Waals surface area contributed by atoms with Gasteiger partial charge in [0.05, 0.1) is 19.6 Å². The van der Waals surface area contributed by atoms with Crippen LogP contribution in [0.25, 0.3) is 0 Å². The highest BCUT2D eigenvalue weighted by Gasteiger charge is 2.25. The average molecular weight is 601 g/mol. The minimum absolute atomic E-state index is 0.0688. The number of hydrogen-bond donors (Lipinski definition) is 1. The van der Waals surface area contributed by atoms with E-state index in [1.54, 1.807) is 0 Å². The van der Waals surface area contributed by atoms with Crippen LogP contribution in [0.3, 0.4) is 0 Å². The van der Waals surface area contributed by atoms with E-state index in [2.05, 4.69) is 4.90 Å². The second-order valence-corrected chi connectivity index (χ2v) is 13.9. The molecule has 42 heavy (non-hydrogen) atoms. The summed E-state index contributed by atoms with van der Waals surface area (Å²) < 4.78 is 16.7. The molecule has 0 bridgehead atoms. The number of ether oxygens (including phenoxy) is 3. The normalized spacial score (nSPS) is 18.0. The highest BCUT2D eigenvalue weighted by atomic mass is 16.6. The Balaban J connectivity index is 3.14. The number of carbonyl (C=O) groups excluding carboxylic acids is 3. The lowest BCUT2D eigenvalue weighted by atomic mass is 10.2. The van der Waals surface area contributed by atoms with Crippen molar-refractivity contribution >= 4 is 23.9 Å². The van der Waals surface area contributed by atoms with E-state index in [-0.39, 0.29) is 44.0 Å². The van der Waals surface area contributed by atoms with Crippen LogP contribution in [0, 0.1) is 0 Å². The first-order valence-electron chi connectivity index (χ1n) is 15.0. The van der Waals surface area contributed by atoms with Crippen molar-refractivity contribution in [2.75, 3.05) is 78.5 Å². The van der Waals surface area contributed by atoms with Gasteiger partial charge in [-0.3, -0.25) is 33.9 Å². The molecule has 1 N–H and O–H groups in total. The van der Waals surface area contributed by atoms with Crippen molar-refractivity contribution < 1.29 is 38.5 Å². The lowest BCUT2D eigenvalue weighted by Crippen LogP contribution is -2.49. The van der Waals surface area contributed by atoms with Crippen molar-refractivity contribution in [3.63, 3.8) is 0 Å². The minimum Gasteiger partial charge on any atom is -0.481 e. The maximum Gasteiger partial charge on any atom is 0.320 e. The van der Waals surface area contributed by atoms with Crippen LogP contribution in [0.4, 0.5) is 0 Å². The molecule has 244 valence electrons. The summed E-state index contributed by atoms with van der Waals surface area (Å²) in [7, 11) is 0. The summed E-state index contributed by atoms with van der Waals surface area (Å²) in [5.74, 6) is -1.83. The molecule has 1 aliphatic heterocycles. The standard InChI is InChI=1S/C30H56N4O8/c1-28(2,3)40-25(37)21-32-15-13-31(12-10-11-24(35)36)14-16-33(22-26(38)41-29(4,5)6)18-20-34(19-17-32)23-27(39)42-30(7,8)9/h10-23H2,1-9H3,(H,35,36). The third kappa shape index (κ3) is 19.8. The molecule has 1 rings (SSSR count). The van der Waals surface area contributed by atoms with Crippen LogP contribution >= 0.6 is 0 Å². The molecule has 0 saturated carbocycles. The van der Waals surface area contributed by atoms with Gasteiger partial charge in [0.15, 0.2) is 0 Å². The van der Waals surface area contributed by atoms with Crippen molar-refractivity contribution in [2.24, 2.45) is 0 Å². The zero-order valence-corrected chi connectivity index (χ0v) is 27.5. The van der Waals surface area contributed by atoms with Crippen molar-refractivity contribution in [3.8, 4) is 0 Å². The molecular formula is C30H56N4O8. The Morgan fingerprint density at radius 1 is 0.524 bits per heavy atom. The Labute approximate surface area is 252 Å². The Bertz CT molecular complexity index is 830. The lowest BCUT2D eigenvalue weighted by molar-refractivity contribution is -0.158. The number of hydrogen-bond acceptors (Lipinski definition) is 11. The Hall–Kier alpha value is -2.28. The molecule has 0 aromatic heterocycles. The van der Waals surface area contributed by atoms with Crippen LogP contribution < -0.4 is 0 Å². The van der Waals surface area contributed by atoms with E-state index in [1.165, 1.54) is 0 Å². The second kappa shape index (κ2) is 17.1. The van der Waals surface area contributed by atoms with Gasteiger partial charge in [-0.05, 0) is 75.3 Å². The average Bonchev–Trinajstić information content (AvgIpc) is 2.76. The van der Waals surface area contributed by atoms with Crippen molar-refractivity contribution in [3.05, 3.63) is 0 Å². The molecule has 1 aliphatic rings. The molecular weight excluding hydrogens is 544 g/mol. The summed E-state index contributed by atoms with van der Waals surface area (Å²) in [5, 5.41) is 9.14. The van der Waals surface area contributed by atoms with E-state index in [9.17, 15) is 19.2 Å². The molecule has 0 amide bonds. The molecule has 0 radical (unpaired) electrons. The van der Waals surface area contributed by atoms with Gasteiger partial charge >= 0.3 is 23.9 Å². The molecule has 12 nitrogen and oxygen atoms in total. The van der Waals surface area contributed by atoms with Gasteiger partial charge in [0.25, 0.3) is 0 Å². The number of carboxylic acids is 1. The van der Waals surface area contributed by atoms with Crippen molar-refractivity contribution in [2.45, 2.75) is 92.0 Å². The monoisotopic (exact) mass is 600 g/mol. The third-order valence-electron chi connectivity index (χ3n) is 6.11. The summed E-state index contributed by atoms with van der Waals surface area (Å²) in [6.45, 7) is 21.7. The fourth-order valence-electron chi connectivity index (χ4n) is 4.40. The van der Waals surface area contributed by atoms with Gasteiger partial charge in [-0.25, -0.2) is 0 Å². The molecule has 1 fully saturated rings. The summed E-state index contributed by atoms with van der Waals surface area (Å²) >= 11 is 0. The SMILES string of the molecule is CC(C)(C)OC(=O)CN1CCN(CCCC(=O)O)CCN(CC(=O)OC(C)(C)C)CCN(CC(=O)OC(C)(C)C)CC1. The Kier molecular flexibility index (Phi) is 15.4. The number of rotatable bonds is 10. The first-order valence-corrected chi connectivity index (χ1v) is 15.0. The summed E-state index contributed by atoms with van der Waals surface area (Å²) in [4.78, 5) is 57.5. The van der Waals surface area contributed by atoms with Crippen LogP contribution in [-0.2, 0) is 33.4 Å². The van der Waals surface area contributed by atoms with Crippen LogP contribution in [0.15, 0.2) is 0 Å². The zero-order valence-electron chi connectivity index (χ0n) is 27.5. The number of carbonyl (C=O) groups is 4. The molecule has 0 atom stereocenters. The number of esters is 3. The van der Waals surface area contributed by atoms with E-state index in [0.29, 0.717) is 65.3 Å². The third-order valence-corrected chi connectivity index (χ3v) is 6.11. The predicted molar refractivity (Wildman–Crippen MR) is 160 cm³/mol. The van der Waals surface area contributed by atoms with Gasteiger partial charge in [0.1, 0.15) is 16.8 Å². The topological polar surface area (TPSA) is 129 Å².